The third-order valence-corrected chi connectivity index (χ3v) is 8.42. The average Bonchev–Trinajstić information content (AvgIpc) is 3.30. The van der Waals surface area contributed by atoms with E-state index in [4.69, 9.17) is 27.9 Å². The molecule has 10 heteroatoms. The van der Waals surface area contributed by atoms with Gasteiger partial charge in [0.25, 0.3) is 0 Å². The van der Waals surface area contributed by atoms with Crippen LogP contribution in [-0.2, 0) is 17.8 Å². The van der Waals surface area contributed by atoms with Crippen LogP contribution in [0.3, 0.4) is 0 Å². The molecule has 1 aromatic heterocycles. The molecule has 2 heterocycles. The summed E-state index contributed by atoms with van der Waals surface area (Å²) in [6.07, 6.45) is 1.45. The Kier molecular flexibility index (Phi) is 8.30. The first-order valence-corrected chi connectivity index (χ1v) is 14.4. The standard InChI is InChI=1S/C27H24Cl2N4O2S2/c1-2-32-25(12-7-15-35-22-14-13-18(28)16-19(22)29)30-31-27(32)36-17-26(34)33-20-8-3-5-10-23(20)37-24-11-6-4-9-21(24)33/h3-6,8-11,13-14,16H,2,7,12,15,17H2,1H3. The molecule has 1 aliphatic heterocycles. The van der Waals surface area contributed by atoms with Gasteiger partial charge >= 0.3 is 0 Å². The fourth-order valence-corrected chi connectivity index (χ4v) is 6.49. The normalized spacial score (nSPS) is 12.2. The molecule has 0 atom stereocenters. The third-order valence-electron chi connectivity index (χ3n) is 5.81. The number of fused-ring (bicyclic) bond motifs is 2. The smallest absolute Gasteiger partial charge is 0.242 e. The predicted molar refractivity (Wildman–Crippen MR) is 151 cm³/mol. The van der Waals surface area contributed by atoms with Crippen molar-refractivity contribution >= 4 is 64.0 Å². The lowest BCUT2D eigenvalue weighted by Crippen LogP contribution is -2.30. The van der Waals surface area contributed by atoms with Gasteiger partial charge in [-0.05, 0) is 55.8 Å². The molecule has 0 saturated heterocycles. The van der Waals surface area contributed by atoms with Crippen molar-refractivity contribution in [3.05, 3.63) is 82.6 Å². The third kappa shape index (κ3) is 5.77. The van der Waals surface area contributed by atoms with Crippen molar-refractivity contribution in [2.75, 3.05) is 17.3 Å². The first kappa shape index (κ1) is 26.0. The maximum atomic E-state index is 13.5. The van der Waals surface area contributed by atoms with Gasteiger partial charge in [-0.2, -0.15) is 0 Å². The number of amides is 1. The Labute approximate surface area is 234 Å². The predicted octanol–water partition coefficient (Wildman–Crippen LogP) is 7.54. The van der Waals surface area contributed by atoms with Gasteiger partial charge in [-0.3, -0.25) is 9.69 Å². The number of aromatic nitrogens is 3. The number of benzene rings is 3. The quantitative estimate of drug-likeness (QED) is 0.153. The van der Waals surface area contributed by atoms with Crippen molar-refractivity contribution in [3.8, 4) is 5.75 Å². The lowest BCUT2D eigenvalue weighted by Gasteiger charge is -2.30. The zero-order valence-electron chi connectivity index (χ0n) is 20.1. The van der Waals surface area contributed by atoms with Crippen LogP contribution in [0.5, 0.6) is 5.75 Å². The summed E-state index contributed by atoms with van der Waals surface area (Å²) in [4.78, 5) is 17.5. The number of hydrogen-bond donors (Lipinski definition) is 0. The zero-order valence-corrected chi connectivity index (χ0v) is 23.2. The molecule has 190 valence electrons. The van der Waals surface area contributed by atoms with Crippen LogP contribution in [0.2, 0.25) is 10.0 Å². The molecule has 0 N–H and O–H groups in total. The Hall–Kier alpha value is -2.65. The van der Waals surface area contributed by atoms with Crippen LogP contribution in [0, 0.1) is 0 Å². The number of nitrogens with zero attached hydrogens (tertiary/aromatic N) is 4. The van der Waals surface area contributed by atoms with Crippen molar-refractivity contribution in [1.82, 2.24) is 14.8 Å². The number of anilines is 2. The molecule has 0 bridgehead atoms. The molecule has 0 radical (unpaired) electrons. The Balaban J connectivity index is 1.22. The van der Waals surface area contributed by atoms with Crippen LogP contribution in [0.4, 0.5) is 11.4 Å². The first-order valence-electron chi connectivity index (χ1n) is 11.9. The minimum absolute atomic E-state index is 0.00523. The topological polar surface area (TPSA) is 60.2 Å². The second-order valence-electron chi connectivity index (χ2n) is 8.23. The highest BCUT2D eigenvalue weighted by atomic mass is 35.5. The molecular weight excluding hydrogens is 547 g/mol. The Morgan fingerprint density at radius 1 is 1.00 bits per heavy atom. The van der Waals surface area contributed by atoms with Crippen molar-refractivity contribution in [3.63, 3.8) is 0 Å². The van der Waals surface area contributed by atoms with Gasteiger partial charge in [0.05, 0.1) is 28.8 Å². The maximum absolute atomic E-state index is 13.5. The highest BCUT2D eigenvalue weighted by molar-refractivity contribution is 8.00. The van der Waals surface area contributed by atoms with Crippen LogP contribution in [0.25, 0.3) is 0 Å². The largest absolute Gasteiger partial charge is 0.492 e. The highest BCUT2D eigenvalue weighted by Gasteiger charge is 2.28. The van der Waals surface area contributed by atoms with Gasteiger partial charge in [-0.1, -0.05) is 71.0 Å². The summed E-state index contributed by atoms with van der Waals surface area (Å²) in [6.45, 7) is 3.26. The van der Waals surface area contributed by atoms with E-state index < -0.39 is 0 Å². The van der Waals surface area contributed by atoms with E-state index in [1.165, 1.54) is 11.8 Å². The number of carbonyl (C=O) groups excluding carboxylic acids is 1. The molecule has 5 rings (SSSR count). The van der Waals surface area contributed by atoms with Gasteiger partial charge in [0.2, 0.25) is 5.91 Å². The Morgan fingerprint density at radius 3 is 2.38 bits per heavy atom. The molecular formula is C27H24Cl2N4O2S2. The molecule has 1 aliphatic rings. The fraction of sp³-hybridized carbons (Fsp3) is 0.222. The van der Waals surface area contributed by atoms with E-state index in [0.717, 1.165) is 45.1 Å². The highest BCUT2D eigenvalue weighted by Crippen LogP contribution is 2.48. The summed E-state index contributed by atoms with van der Waals surface area (Å²) in [5.74, 6) is 1.74. The monoisotopic (exact) mass is 570 g/mol. The van der Waals surface area contributed by atoms with Crippen LogP contribution >= 0.6 is 46.7 Å². The molecule has 6 nitrogen and oxygen atoms in total. The summed E-state index contributed by atoms with van der Waals surface area (Å²) >= 11 is 15.2. The molecule has 4 aromatic rings. The van der Waals surface area contributed by atoms with Crippen LogP contribution in [-0.4, -0.2) is 33.0 Å². The van der Waals surface area contributed by atoms with E-state index in [1.807, 2.05) is 53.4 Å². The molecule has 0 unspecified atom stereocenters. The number of para-hydroxylation sites is 2. The lowest BCUT2D eigenvalue weighted by molar-refractivity contribution is -0.115. The van der Waals surface area contributed by atoms with Crippen molar-refractivity contribution in [2.45, 2.75) is 41.3 Å². The van der Waals surface area contributed by atoms with Gasteiger partial charge in [0.15, 0.2) is 5.16 Å². The number of rotatable bonds is 9. The summed E-state index contributed by atoms with van der Waals surface area (Å²) in [6, 6.07) is 21.2. The molecule has 0 spiro atoms. The Morgan fingerprint density at radius 2 is 1.70 bits per heavy atom. The van der Waals surface area contributed by atoms with Crippen molar-refractivity contribution < 1.29 is 9.53 Å². The molecule has 0 fully saturated rings. The molecule has 0 saturated carbocycles. The minimum atomic E-state index is 0.00523. The number of aryl methyl sites for hydroxylation is 1. The SMILES string of the molecule is CCn1c(CCCOc2ccc(Cl)cc2Cl)nnc1SCC(=O)N1c2ccccc2Sc2ccccc21. The van der Waals surface area contributed by atoms with E-state index in [1.54, 1.807) is 30.0 Å². The lowest BCUT2D eigenvalue weighted by atomic mass is 10.2. The van der Waals surface area contributed by atoms with E-state index in [2.05, 4.69) is 21.7 Å². The minimum Gasteiger partial charge on any atom is -0.492 e. The van der Waals surface area contributed by atoms with E-state index in [-0.39, 0.29) is 11.7 Å². The summed E-state index contributed by atoms with van der Waals surface area (Å²) in [5.41, 5.74) is 1.82. The van der Waals surface area contributed by atoms with Crippen LogP contribution < -0.4 is 9.64 Å². The molecule has 1 amide bonds. The van der Waals surface area contributed by atoms with E-state index >= 15 is 0 Å². The van der Waals surface area contributed by atoms with Crippen molar-refractivity contribution in [2.24, 2.45) is 0 Å². The van der Waals surface area contributed by atoms with Gasteiger partial charge in [0.1, 0.15) is 11.6 Å². The number of thioether (sulfide) groups is 1. The van der Waals surface area contributed by atoms with Gasteiger partial charge in [-0.15, -0.1) is 10.2 Å². The average molecular weight is 572 g/mol. The summed E-state index contributed by atoms with van der Waals surface area (Å²) < 4.78 is 7.85. The summed E-state index contributed by atoms with van der Waals surface area (Å²) in [7, 11) is 0. The number of halogens is 2. The molecule has 37 heavy (non-hydrogen) atoms. The number of hydrogen-bond acceptors (Lipinski definition) is 6. The van der Waals surface area contributed by atoms with Crippen LogP contribution in [0.15, 0.2) is 81.7 Å². The Bertz CT molecular complexity index is 1380. The fourth-order valence-electron chi connectivity index (χ4n) is 4.10. The van der Waals surface area contributed by atoms with Crippen LogP contribution in [0.1, 0.15) is 19.2 Å². The van der Waals surface area contributed by atoms with E-state index in [9.17, 15) is 4.79 Å². The molecule has 3 aromatic carbocycles. The van der Waals surface area contributed by atoms with Gasteiger partial charge in [-0.25, -0.2) is 0 Å². The van der Waals surface area contributed by atoms with Crippen molar-refractivity contribution in [1.29, 1.82) is 0 Å². The zero-order chi connectivity index (χ0) is 25.8. The van der Waals surface area contributed by atoms with Gasteiger partial charge < -0.3 is 9.30 Å². The van der Waals surface area contributed by atoms with Gasteiger partial charge in [0, 0.05) is 27.8 Å². The number of ether oxygens (including phenoxy) is 1. The maximum Gasteiger partial charge on any atom is 0.242 e. The second kappa shape index (κ2) is 11.8. The number of carbonyl (C=O) groups is 1. The molecule has 0 aliphatic carbocycles. The summed E-state index contributed by atoms with van der Waals surface area (Å²) in [5, 5.41) is 10.6. The first-order chi connectivity index (χ1) is 18.0. The second-order valence-corrected chi connectivity index (χ2v) is 11.1. The van der Waals surface area contributed by atoms with E-state index in [0.29, 0.717) is 28.8 Å².